The molecule has 0 spiro atoms. The quantitative estimate of drug-likeness (QED) is 0.190. The highest BCUT2D eigenvalue weighted by Gasteiger charge is 2.23. The molecule has 0 aliphatic heterocycles. The molecule has 4 aromatic rings. The lowest BCUT2D eigenvalue weighted by molar-refractivity contribution is 0.269. The number of para-hydroxylation sites is 1. The van der Waals surface area contributed by atoms with E-state index in [2.05, 4.69) is 21.0 Å². The van der Waals surface area contributed by atoms with Crippen LogP contribution in [0.1, 0.15) is 61.9 Å². The van der Waals surface area contributed by atoms with Crippen LogP contribution in [0.25, 0.3) is 10.9 Å². The highest BCUT2D eigenvalue weighted by Crippen LogP contribution is 2.43. The molecule has 0 saturated heterocycles. The number of fused-ring (bicyclic) bond motifs is 1. The van der Waals surface area contributed by atoms with Crippen LogP contribution in [-0.4, -0.2) is 22.5 Å². The van der Waals surface area contributed by atoms with Crippen LogP contribution < -0.4 is 15.0 Å². The topological polar surface area (TPSA) is 65.7 Å². The second-order valence-electron chi connectivity index (χ2n) is 9.46. The number of aromatic nitrogens is 2. The summed E-state index contributed by atoms with van der Waals surface area (Å²) in [5.74, 6) is 1.25. The van der Waals surface area contributed by atoms with Gasteiger partial charge in [0.15, 0.2) is 11.5 Å². The van der Waals surface area contributed by atoms with E-state index in [1.807, 2.05) is 25.1 Å². The molecule has 9 heteroatoms. The summed E-state index contributed by atoms with van der Waals surface area (Å²) in [5.41, 5.74) is 1.74. The zero-order valence-corrected chi connectivity index (χ0v) is 23.8. The van der Waals surface area contributed by atoms with Crippen LogP contribution in [-0.2, 0) is 6.61 Å². The van der Waals surface area contributed by atoms with E-state index in [1.165, 1.54) is 23.2 Å². The Morgan fingerprint density at radius 3 is 2.69 bits per heavy atom. The summed E-state index contributed by atoms with van der Waals surface area (Å²) in [5, 5.41) is 5.43. The summed E-state index contributed by atoms with van der Waals surface area (Å²) in [6, 6.07) is 15.3. The molecule has 0 N–H and O–H groups in total. The maximum absolute atomic E-state index is 13.6. The molecule has 5 rings (SSSR count). The maximum Gasteiger partial charge on any atom is 0.282 e. The molecular weight excluding hydrogens is 585 g/mol. The average Bonchev–Trinajstić information content (AvgIpc) is 2.95. The number of ether oxygens (including phenoxy) is 2. The number of halogens is 3. The first-order chi connectivity index (χ1) is 19.0. The second kappa shape index (κ2) is 12.3. The minimum atomic E-state index is -0.342. The van der Waals surface area contributed by atoms with Crippen molar-refractivity contribution in [1.29, 1.82) is 0 Å². The summed E-state index contributed by atoms with van der Waals surface area (Å²) < 4.78 is 27.4. The summed E-state index contributed by atoms with van der Waals surface area (Å²) in [7, 11) is 0. The Hall–Kier alpha value is -3.23. The number of hydrogen-bond acceptors (Lipinski definition) is 5. The molecule has 6 nitrogen and oxygen atoms in total. The van der Waals surface area contributed by atoms with Crippen LogP contribution in [0.4, 0.5) is 4.39 Å². The Kier molecular flexibility index (Phi) is 8.63. The van der Waals surface area contributed by atoms with Gasteiger partial charge < -0.3 is 9.47 Å². The van der Waals surface area contributed by atoms with Gasteiger partial charge in [0.05, 0.1) is 23.7 Å². The Bertz CT molecular complexity index is 1580. The van der Waals surface area contributed by atoms with Crippen molar-refractivity contribution in [1.82, 2.24) is 9.66 Å². The average molecular weight is 613 g/mol. The smallest absolute Gasteiger partial charge is 0.282 e. The van der Waals surface area contributed by atoms with Gasteiger partial charge in [-0.15, -0.1) is 0 Å². The van der Waals surface area contributed by atoms with Gasteiger partial charge in [-0.1, -0.05) is 55.1 Å². The molecule has 1 fully saturated rings. The van der Waals surface area contributed by atoms with Gasteiger partial charge in [-0.3, -0.25) is 4.79 Å². The van der Waals surface area contributed by atoms with E-state index in [4.69, 9.17) is 26.1 Å². The fraction of sp³-hybridized carbons (Fsp3) is 0.300. The monoisotopic (exact) mass is 611 g/mol. The van der Waals surface area contributed by atoms with Gasteiger partial charge in [0, 0.05) is 16.0 Å². The van der Waals surface area contributed by atoms with Gasteiger partial charge in [0.1, 0.15) is 23.3 Å². The van der Waals surface area contributed by atoms with E-state index < -0.39 is 0 Å². The lowest BCUT2D eigenvalue weighted by Crippen LogP contribution is -2.25. The van der Waals surface area contributed by atoms with Gasteiger partial charge in [-0.2, -0.15) is 9.78 Å². The van der Waals surface area contributed by atoms with Crippen LogP contribution >= 0.6 is 27.5 Å². The van der Waals surface area contributed by atoms with Crippen LogP contribution in [0.2, 0.25) is 5.02 Å². The summed E-state index contributed by atoms with van der Waals surface area (Å²) in [6.07, 6.45) is 6.93. The molecule has 3 aromatic carbocycles. The molecule has 1 aliphatic carbocycles. The fourth-order valence-corrected chi connectivity index (χ4v) is 5.53. The molecular formula is C30H28BrClFN3O3. The maximum atomic E-state index is 13.6. The summed E-state index contributed by atoms with van der Waals surface area (Å²) in [6.45, 7) is 2.35. The van der Waals surface area contributed by atoms with Crippen molar-refractivity contribution in [3.05, 3.63) is 97.2 Å². The molecule has 39 heavy (non-hydrogen) atoms. The van der Waals surface area contributed by atoms with Crippen LogP contribution in [0.3, 0.4) is 0 Å². The van der Waals surface area contributed by atoms with Crippen molar-refractivity contribution in [2.75, 3.05) is 6.61 Å². The predicted molar refractivity (Wildman–Crippen MR) is 156 cm³/mol. The van der Waals surface area contributed by atoms with Gasteiger partial charge in [0.2, 0.25) is 0 Å². The van der Waals surface area contributed by atoms with Gasteiger partial charge in [0.25, 0.3) is 5.56 Å². The molecule has 0 amide bonds. The highest BCUT2D eigenvalue weighted by atomic mass is 79.9. The highest BCUT2D eigenvalue weighted by molar-refractivity contribution is 9.10. The molecule has 202 valence electrons. The molecule has 1 aromatic heterocycles. The van der Waals surface area contributed by atoms with Crippen molar-refractivity contribution < 1.29 is 13.9 Å². The van der Waals surface area contributed by atoms with Gasteiger partial charge in [-0.25, -0.2) is 9.37 Å². The van der Waals surface area contributed by atoms with Crippen molar-refractivity contribution in [3.8, 4) is 11.5 Å². The minimum Gasteiger partial charge on any atom is -0.490 e. The first kappa shape index (κ1) is 27.3. The van der Waals surface area contributed by atoms with E-state index in [0.29, 0.717) is 50.4 Å². The zero-order valence-electron chi connectivity index (χ0n) is 21.5. The first-order valence-corrected chi connectivity index (χ1v) is 14.2. The Balaban J connectivity index is 1.53. The zero-order chi connectivity index (χ0) is 27.4. The Labute approximate surface area is 239 Å². The number of hydrogen-bond donors (Lipinski definition) is 0. The van der Waals surface area contributed by atoms with Crippen LogP contribution in [0.15, 0.2) is 69.0 Å². The Morgan fingerprint density at radius 1 is 1.13 bits per heavy atom. The molecule has 0 bridgehead atoms. The first-order valence-electron chi connectivity index (χ1n) is 13.0. The summed E-state index contributed by atoms with van der Waals surface area (Å²) >= 11 is 10.3. The minimum absolute atomic E-state index is 0.111. The third-order valence-electron chi connectivity index (χ3n) is 6.79. The van der Waals surface area contributed by atoms with Crippen molar-refractivity contribution in [2.45, 2.75) is 51.6 Å². The third kappa shape index (κ3) is 6.02. The Morgan fingerprint density at radius 2 is 1.92 bits per heavy atom. The third-order valence-corrected chi connectivity index (χ3v) is 8.23. The van der Waals surface area contributed by atoms with Crippen molar-refractivity contribution in [3.63, 3.8) is 0 Å². The normalized spacial score (nSPS) is 14.3. The lowest BCUT2D eigenvalue weighted by Gasteiger charge is -2.22. The van der Waals surface area contributed by atoms with Gasteiger partial charge in [-0.05, 0) is 71.6 Å². The summed E-state index contributed by atoms with van der Waals surface area (Å²) in [4.78, 5) is 18.4. The van der Waals surface area contributed by atoms with Crippen LogP contribution in [0.5, 0.6) is 11.5 Å². The largest absolute Gasteiger partial charge is 0.490 e. The van der Waals surface area contributed by atoms with Crippen LogP contribution in [0, 0.1) is 5.82 Å². The number of nitrogens with zero attached hydrogens (tertiary/aromatic N) is 3. The van der Waals surface area contributed by atoms with E-state index in [0.717, 1.165) is 25.7 Å². The predicted octanol–water partition coefficient (Wildman–Crippen LogP) is 7.86. The number of rotatable bonds is 8. The van der Waals surface area contributed by atoms with E-state index in [-0.39, 0.29) is 28.9 Å². The second-order valence-corrected chi connectivity index (χ2v) is 10.6. The van der Waals surface area contributed by atoms with E-state index in [1.54, 1.807) is 30.5 Å². The fourth-order valence-electron chi connectivity index (χ4n) is 4.88. The molecule has 1 saturated carbocycles. The molecule has 0 atom stereocenters. The van der Waals surface area contributed by atoms with Crippen molar-refractivity contribution in [2.24, 2.45) is 5.10 Å². The molecule has 0 radical (unpaired) electrons. The molecule has 1 aliphatic rings. The van der Waals surface area contributed by atoms with E-state index in [9.17, 15) is 9.18 Å². The van der Waals surface area contributed by atoms with Crippen molar-refractivity contribution >= 4 is 44.6 Å². The number of benzene rings is 3. The SMILES string of the molecule is CCOc1cc(C=Nn2c(C3CCCCC3)nc3ccccc3c2=O)c(Br)c(Cl)c1OCc1cccc(F)c1. The molecule has 0 unspecified atom stereocenters. The molecule has 1 heterocycles. The van der Waals surface area contributed by atoms with Gasteiger partial charge >= 0.3 is 0 Å². The van der Waals surface area contributed by atoms with E-state index >= 15 is 0 Å². The lowest BCUT2D eigenvalue weighted by atomic mass is 9.88. The standard InChI is InChI=1S/C30H28BrClFN3O3/c1-2-38-25-16-21(26(31)27(32)28(25)39-18-19-9-8-12-22(33)15-19)17-34-36-29(20-10-4-3-5-11-20)35-24-14-7-6-13-23(24)30(36)37/h6-9,12-17,20H,2-5,10-11,18H2,1H3.